The molecule has 3 atom stereocenters. The van der Waals surface area contributed by atoms with Gasteiger partial charge in [0.05, 0.1) is 12.0 Å². The molecule has 0 aliphatic carbocycles. The van der Waals surface area contributed by atoms with Crippen molar-refractivity contribution in [1.82, 2.24) is 5.32 Å². The number of benzene rings is 1. The lowest BCUT2D eigenvalue weighted by Crippen LogP contribution is -2.37. The Morgan fingerprint density at radius 3 is 2.63 bits per heavy atom. The second-order valence-electron chi connectivity index (χ2n) is 7.74. The summed E-state index contributed by atoms with van der Waals surface area (Å²) in [6.07, 6.45) is 1.88. The Morgan fingerprint density at radius 2 is 2.00 bits per heavy atom. The summed E-state index contributed by atoms with van der Waals surface area (Å²) in [6.45, 7) is 5.62. The molecule has 3 rings (SSSR count). The number of nitrogens with one attached hydrogen (secondary N) is 1. The quantitative estimate of drug-likeness (QED) is 0.645. The van der Waals surface area contributed by atoms with Crippen LogP contribution in [-0.4, -0.2) is 30.4 Å². The van der Waals surface area contributed by atoms with Crippen molar-refractivity contribution >= 4 is 34.8 Å². The Hall–Kier alpha value is -2.67. The monoisotopic (exact) mass is 428 g/mol. The maximum atomic E-state index is 12.9. The van der Waals surface area contributed by atoms with Gasteiger partial charge in [0.1, 0.15) is 0 Å². The smallest absolute Gasteiger partial charge is 0.312 e. The number of esters is 1. The third-order valence-corrected chi connectivity index (χ3v) is 6.19. The molecule has 2 amide bonds. The number of carbonyl (C=O) groups excluding carboxylic acids is 3. The van der Waals surface area contributed by atoms with Gasteiger partial charge in [-0.05, 0) is 43.8 Å². The zero-order chi connectivity index (χ0) is 21.7. The van der Waals surface area contributed by atoms with Gasteiger partial charge in [-0.25, -0.2) is 0 Å². The van der Waals surface area contributed by atoms with Crippen molar-refractivity contribution < 1.29 is 19.1 Å². The van der Waals surface area contributed by atoms with Gasteiger partial charge in [-0.2, -0.15) is 0 Å². The van der Waals surface area contributed by atoms with Crippen LogP contribution in [0.1, 0.15) is 49.6 Å². The molecule has 7 heteroatoms. The second-order valence-corrected chi connectivity index (χ2v) is 8.71. The Kier molecular flexibility index (Phi) is 7.26. The fraction of sp³-hybridized carbons (Fsp3) is 0.435. The predicted molar refractivity (Wildman–Crippen MR) is 117 cm³/mol. The third kappa shape index (κ3) is 5.08. The molecule has 0 saturated carbocycles. The molecule has 0 radical (unpaired) electrons. The van der Waals surface area contributed by atoms with Gasteiger partial charge in [-0.1, -0.05) is 37.1 Å². The molecular weight excluding hydrogens is 400 g/mol. The first-order chi connectivity index (χ1) is 14.4. The summed E-state index contributed by atoms with van der Waals surface area (Å²) < 4.78 is 5.32. The van der Waals surface area contributed by atoms with Gasteiger partial charge in [-0.15, -0.1) is 11.3 Å². The van der Waals surface area contributed by atoms with Crippen LogP contribution in [-0.2, 0) is 19.1 Å². The highest BCUT2D eigenvalue weighted by Crippen LogP contribution is 2.43. The molecule has 1 aromatic heterocycles. The van der Waals surface area contributed by atoms with E-state index in [-0.39, 0.29) is 30.9 Å². The van der Waals surface area contributed by atoms with Crippen LogP contribution < -0.4 is 10.2 Å². The summed E-state index contributed by atoms with van der Waals surface area (Å²) in [5, 5.41) is 4.75. The highest BCUT2D eigenvalue weighted by molar-refractivity contribution is 7.10. The van der Waals surface area contributed by atoms with Crippen LogP contribution in [0.15, 0.2) is 41.8 Å². The molecule has 2 aromatic rings. The summed E-state index contributed by atoms with van der Waals surface area (Å²) in [4.78, 5) is 40.4. The van der Waals surface area contributed by atoms with Gasteiger partial charge in [-0.3, -0.25) is 14.4 Å². The van der Waals surface area contributed by atoms with E-state index in [1.807, 2.05) is 62.5 Å². The number of anilines is 1. The summed E-state index contributed by atoms with van der Waals surface area (Å²) in [5.41, 5.74) is 1.85. The molecule has 1 saturated heterocycles. The first-order valence-electron chi connectivity index (χ1n) is 10.3. The van der Waals surface area contributed by atoms with Gasteiger partial charge in [0, 0.05) is 23.0 Å². The lowest BCUT2D eigenvalue weighted by atomic mass is 9.99. The average molecular weight is 429 g/mol. The van der Waals surface area contributed by atoms with Crippen LogP contribution in [0.25, 0.3) is 0 Å². The average Bonchev–Trinajstić information content (AvgIpc) is 3.34. The Bertz CT molecular complexity index is 879. The highest BCUT2D eigenvalue weighted by Gasteiger charge is 2.46. The van der Waals surface area contributed by atoms with Crippen LogP contribution in [0.3, 0.4) is 0 Å². The van der Waals surface area contributed by atoms with Crippen molar-refractivity contribution in [3.8, 4) is 0 Å². The fourth-order valence-electron chi connectivity index (χ4n) is 3.81. The zero-order valence-electron chi connectivity index (χ0n) is 17.6. The van der Waals surface area contributed by atoms with E-state index in [1.54, 1.807) is 4.90 Å². The maximum absolute atomic E-state index is 12.9. The minimum Gasteiger partial charge on any atom is -0.455 e. The van der Waals surface area contributed by atoms with Crippen LogP contribution in [0.5, 0.6) is 0 Å². The molecule has 6 nitrogen and oxygen atoms in total. The van der Waals surface area contributed by atoms with E-state index in [9.17, 15) is 14.4 Å². The number of hydrogen-bond donors (Lipinski definition) is 1. The number of carbonyl (C=O) groups is 3. The Morgan fingerprint density at radius 1 is 1.27 bits per heavy atom. The van der Waals surface area contributed by atoms with Gasteiger partial charge in [0.25, 0.3) is 5.91 Å². The molecule has 0 spiro atoms. The number of nitrogens with zero attached hydrogens (tertiary/aromatic N) is 1. The van der Waals surface area contributed by atoms with E-state index in [2.05, 4.69) is 5.32 Å². The minimum absolute atomic E-state index is 0.0326. The number of hydrogen-bond acceptors (Lipinski definition) is 5. The molecule has 0 unspecified atom stereocenters. The standard InChI is InChI=1S/C23H28N2O4S/c1-4-6-16(3)24-20(26)14-29-23(28)18-13-21(27)25(17-10-8-15(2)9-11-17)22(18)19-7-5-12-30-19/h5,7-12,16,18,22H,4,6,13-14H2,1-3H3,(H,24,26)/t16-,18+,22-/m0/s1. The van der Waals surface area contributed by atoms with Gasteiger partial charge >= 0.3 is 5.97 Å². The topological polar surface area (TPSA) is 75.7 Å². The molecule has 1 aliphatic heterocycles. The molecular formula is C23H28N2O4S. The van der Waals surface area contributed by atoms with Crippen molar-refractivity contribution in [3.05, 3.63) is 52.2 Å². The van der Waals surface area contributed by atoms with Crippen LogP contribution in [0.2, 0.25) is 0 Å². The number of rotatable bonds is 8. The van der Waals surface area contributed by atoms with Gasteiger partial charge in [0.2, 0.25) is 5.91 Å². The molecule has 1 aromatic carbocycles. The Labute approximate surface area is 181 Å². The van der Waals surface area contributed by atoms with Crippen molar-refractivity contribution in [2.24, 2.45) is 5.92 Å². The SMILES string of the molecule is CCC[C@H](C)NC(=O)COC(=O)[C@@H]1CC(=O)N(c2ccc(C)cc2)[C@@H]1c1cccs1. The molecule has 30 heavy (non-hydrogen) atoms. The van der Waals surface area contributed by atoms with Gasteiger partial charge in [0.15, 0.2) is 6.61 Å². The van der Waals surface area contributed by atoms with Gasteiger partial charge < -0.3 is 15.0 Å². The van der Waals surface area contributed by atoms with E-state index in [0.29, 0.717) is 0 Å². The van der Waals surface area contributed by atoms with Crippen molar-refractivity contribution in [3.63, 3.8) is 0 Å². The first kappa shape index (κ1) is 22.0. The third-order valence-electron chi connectivity index (χ3n) is 5.25. The highest BCUT2D eigenvalue weighted by atomic mass is 32.1. The van der Waals surface area contributed by atoms with Crippen LogP contribution in [0.4, 0.5) is 5.69 Å². The van der Waals surface area contributed by atoms with E-state index in [1.165, 1.54) is 11.3 Å². The molecule has 1 N–H and O–H groups in total. The minimum atomic E-state index is -0.654. The predicted octanol–water partition coefficient (Wildman–Crippen LogP) is 4.00. The lowest BCUT2D eigenvalue weighted by Gasteiger charge is -2.27. The fourth-order valence-corrected chi connectivity index (χ4v) is 4.69. The molecule has 1 fully saturated rings. The van der Waals surface area contributed by atoms with Crippen LogP contribution in [0, 0.1) is 12.8 Å². The largest absolute Gasteiger partial charge is 0.455 e. The number of thiophene rings is 1. The molecule has 160 valence electrons. The van der Waals surface area contributed by atoms with Crippen molar-refractivity contribution in [2.75, 3.05) is 11.5 Å². The van der Waals surface area contributed by atoms with Crippen molar-refractivity contribution in [2.45, 2.75) is 52.1 Å². The Balaban J connectivity index is 1.75. The molecule has 1 aliphatic rings. The molecule has 0 bridgehead atoms. The van der Waals surface area contributed by atoms with E-state index in [4.69, 9.17) is 4.74 Å². The first-order valence-corrected chi connectivity index (χ1v) is 11.2. The number of aryl methyl sites for hydroxylation is 1. The number of ether oxygens (including phenoxy) is 1. The van der Waals surface area contributed by atoms with Crippen LogP contribution >= 0.6 is 11.3 Å². The van der Waals surface area contributed by atoms with E-state index < -0.39 is 17.9 Å². The molecule has 2 heterocycles. The zero-order valence-corrected chi connectivity index (χ0v) is 18.4. The lowest BCUT2D eigenvalue weighted by molar-refractivity contribution is -0.153. The summed E-state index contributed by atoms with van der Waals surface area (Å²) in [5.74, 6) is -1.62. The normalized spacial score (nSPS) is 19.6. The maximum Gasteiger partial charge on any atom is 0.312 e. The number of amides is 2. The summed E-state index contributed by atoms with van der Waals surface area (Å²) >= 11 is 1.50. The van der Waals surface area contributed by atoms with E-state index >= 15 is 0 Å². The van der Waals surface area contributed by atoms with E-state index in [0.717, 1.165) is 29.0 Å². The summed E-state index contributed by atoms with van der Waals surface area (Å²) in [7, 11) is 0. The van der Waals surface area contributed by atoms with Crippen molar-refractivity contribution in [1.29, 1.82) is 0 Å². The summed E-state index contributed by atoms with van der Waals surface area (Å²) in [6, 6.07) is 11.1. The second kappa shape index (κ2) is 9.89.